The number of hydrogen-bond acceptors (Lipinski definition) is 16. The lowest BCUT2D eigenvalue weighted by atomic mass is 9.93. The van der Waals surface area contributed by atoms with E-state index < -0.39 is 17.9 Å². The highest BCUT2D eigenvalue weighted by Crippen LogP contribution is 2.47. The summed E-state index contributed by atoms with van der Waals surface area (Å²) in [6, 6.07) is 26.8. The molecule has 3 N–H and O–H groups in total. The first-order valence-electron chi connectivity index (χ1n) is 31.2. The van der Waals surface area contributed by atoms with Gasteiger partial charge >= 0.3 is 6.03 Å². The number of nitrogen functional groups attached to an aromatic ring is 1. The summed E-state index contributed by atoms with van der Waals surface area (Å²) in [6.07, 6.45) is 4.65. The minimum atomic E-state index is -0.626. The van der Waals surface area contributed by atoms with Crippen LogP contribution in [0.15, 0.2) is 102 Å². The highest BCUT2D eigenvalue weighted by Gasteiger charge is 2.46. The summed E-state index contributed by atoms with van der Waals surface area (Å²) in [7, 11) is 1.58. The number of nitrogens with two attached hydrogens (primary N) is 1. The van der Waals surface area contributed by atoms with E-state index >= 15 is 4.79 Å². The number of nitriles is 1. The quantitative estimate of drug-likeness (QED) is 0.0508. The second-order valence-electron chi connectivity index (χ2n) is 23.4. The molecular weight excluding hydrogens is 1220 g/mol. The molecule has 0 spiro atoms. The summed E-state index contributed by atoms with van der Waals surface area (Å²) in [6.45, 7) is 7.98. The van der Waals surface area contributed by atoms with Crippen molar-refractivity contribution < 1.29 is 52.0 Å². The molecule has 11 rings (SSSR count). The zero-order valence-corrected chi connectivity index (χ0v) is 53.3. The van der Waals surface area contributed by atoms with Crippen molar-refractivity contribution in [2.45, 2.75) is 89.3 Å². The molecular formula is C67H75Cl2FN12O10. The number of amidine groups is 1. The molecule has 3 fully saturated rings. The van der Waals surface area contributed by atoms with Gasteiger partial charge in [-0.05, 0) is 117 Å². The summed E-state index contributed by atoms with van der Waals surface area (Å²) in [4.78, 5) is 74.9. The van der Waals surface area contributed by atoms with Crippen molar-refractivity contribution in [3.63, 3.8) is 0 Å². The monoisotopic (exact) mass is 1300 g/mol. The fourth-order valence-corrected chi connectivity index (χ4v) is 12.5. The Morgan fingerprint density at radius 2 is 1.48 bits per heavy atom. The summed E-state index contributed by atoms with van der Waals surface area (Å²) < 4.78 is 51.2. The number of piperazine rings is 1. The van der Waals surface area contributed by atoms with Gasteiger partial charge in [-0.3, -0.25) is 29.0 Å². The van der Waals surface area contributed by atoms with E-state index in [0.717, 1.165) is 30.4 Å². The van der Waals surface area contributed by atoms with E-state index in [2.05, 4.69) is 21.3 Å². The molecule has 5 aliphatic rings. The van der Waals surface area contributed by atoms with Crippen LogP contribution in [0.25, 0.3) is 11.1 Å². The second kappa shape index (κ2) is 29.9. The van der Waals surface area contributed by atoms with Crippen LogP contribution in [-0.4, -0.2) is 175 Å². The Balaban J connectivity index is 0.594. The van der Waals surface area contributed by atoms with Crippen LogP contribution in [0, 0.1) is 17.1 Å². The van der Waals surface area contributed by atoms with Crippen molar-refractivity contribution in [1.82, 2.24) is 39.7 Å². The third-order valence-corrected chi connectivity index (χ3v) is 17.4. The number of methoxy groups -OCH3 is 1. The van der Waals surface area contributed by atoms with Gasteiger partial charge in [0, 0.05) is 84.2 Å². The summed E-state index contributed by atoms with van der Waals surface area (Å²) in [5.74, 6) is 0.643. The zero-order chi connectivity index (χ0) is 64.4. The number of urea groups is 1. The summed E-state index contributed by atoms with van der Waals surface area (Å²) in [5, 5.41) is 19.5. The zero-order valence-electron chi connectivity index (χ0n) is 51.7. The average molecular weight is 1300 g/mol. The first-order valence-corrected chi connectivity index (χ1v) is 31.9. The van der Waals surface area contributed by atoms with E-state index in [-0.39, 0.29) is 112 Å². The van der Waals surface area contributed by atoms with Crippen molar-refractivity contribution in [3.8, 4) is 28.7 Å². The number of pyridine rings is 1. The highest BCUT2D eigenvalue weighted by molar-refractivity contribution is 6.30. The first kappa shape index (κ1) is 65.1. The van der Waals surface area contributed by atoms with Crippen LogP contribution < -0.4 is 25.4 Å². The predicted molar refractivity (Wildman–Crippen MR) is 343 cm³/mol. The van der Waals surface area contributed by atoms with Gasteiger partial charge in [0.25, 0.3) is 5.91 Å². The topological polar surface area (TPSA) is 245 Å². The lowest BCUT2D eigenvalue weighted by Crippen LogP contribution is -2.56. The fourth-order valence-electron chi connectivity index (χ4n) is 12.3. The van der Waals surface area contributed by atoms with Gasteiger partial charge in [-0.2, -0.15) is 10.4 Å². The molecule has 4 aromatic carbocycles. The molecule has 5 amide bonds. The fraction of sp³-hybridized carbons (Fsp3) is 0.433. The molecule has 6 heterocycles. The Labute approximate surface area is 543 Å². The molecule has 2 aromatic heterocycles. The number of carbonyl (C=O) groups is 4. The van der Waals surface area contributed by atoms with Crippen molar-refractivity contribution in [2.24, 2.45) is 4.99 Å². The summed E-state index contributed by atoms with van der Waals surface area (Å²) in [5.41, 5.74) is 12.3. The van der Waals surface area contributed by atoms with E-state index in [9.17, 15) is 24.0 Å². The number of ether oxygens (including phenoxy) is 6. The number of fused-ring (bicyclic) bond motifs is 8. The molecule has 92 heavy (non-hydrogen) atoms. The number of rotatable bonds is 25. The number of anilines is 2. The molecule has 22 nitrogen and oxygen atoms in total. The van der Waals surface area contributed by atoms with Crippen molar-refractivity contribution in [2.75, 3.05) is 110 Å². The van der Waals surface area contributed by atoms with Crippen LogP contribution in [0.1, 0.15) is 108 Å². The van der Waals surface area contributed by atoms with Crippen molar-refractivity contribution in [3.05, 3.63) is 152 Å². The molecule has 2 saturated heterocycles. The Morgan fingerprint density at radius 3 is 2.15 bits per heavy atom. The molecule has 4 aliphatic heterocycles. The van der Waals surface area contributed by atoms with Crippen molar-refractivity contribution in [1.29, 1.82) is 5.26 Å². The third kappa shape index (κ3) is 15.1. The molecule has 0 radical (unpaired) electrons. The van der Waals surface area contributed by atoms with Gasteiger partial charge in [0.15, 0.2) is 0 Å². The maximum Gasteiger partial charge on any atom is 0.326 e. The van der Waals surface area contributed by atoms with Gasteiger partial charge in [0.1, 0.15) is 53.3 Å². The van der Waals surface area contributed by atoms with Gasteiger partial charge in [-0.15, -0.1) is 0 Å². The van der Waals surface area contributed by atoms with Crippen LogP contribution in [0.5, 0.6) is 11.5 Å². The Morgan fingerprint density at radius 1 is 0.793 bits per heavy atom. The number of carbonyl (C=O) groups excluding carboxylic acids is 4. The molecule has 3 atom stereocenters. The van der Waals surface area contributed by atoms with Crippen molar-refractivity contribution >= 4 is 64.3 Å². The first-order chi connectivity index (χ1) is 44.7. The van der Waals surface area contributed by atoms with E-state index in [4.69, 9.17) is 67.4 Å². The number of aromatic nitrogens is 3. The van der Waals surface area contributed by atoms with Crippen LogP contribution >= 0.6 is 23.2 Å². The van der Waals surface area contributed by atoms with E-state index in [1.807, 2.05) is 50.2 Å². The average Bonchev–Trinajstić information content (AvgIpc) is 1.58. The number of benzene rings is 4. The van der Waals surface area contributed by atoms with Gasteiger partial charge in [-0.25, -0.2) is 14.2 Å². The lowest BCUT2D eigenvalue weighted by molar-refractivity contribution is -0.135. The van der Waals surface area contributed by atoms with Gasteiger partial charge in [0.05, 0.1) is 108 Å². The van der Waals surface area contributed by atoms with Gasteiger partial charge < -0.3 is 59.1 Å². The Hall–Kier alpha value is -8.37. The minimum Gasteiger partial charge on any atom is -0.497 e. The Kier molecular flexibility index (Phi) is 21.2. The van der Waals surface area contributed by atoms with Crippen LogP contribution in [0.2, 0.25) is 10.0 Å². The number of aliphatic imine (C=N–C) groups is 1. The molecule has 25 heteroatoms. The largest absolute Gasteiger partial charge is 0.497 e. The molecule has 1 aliphatic carbocycles. The number of halogens is 3. The molecule has 6 aromatic rings. The van der Waals surface area contributed by atoms with Gasteiger partial charge in [0.2, 0.25) is 11.8 Å². The highest BCUT2D eigenvalue weighted by atomic mass is 35.5. The Bertz CT molecular complexity index is 3710. The second-order valence-corrected chi connectivity index (χ2v) is 24.2. The SMILES string of the molecule is COc1ccc(C2=N[C@@H](c3ccc(Cl)cc3)[C@@H](c3ccc(Cl)cc3)N2C(=O)N2CCN(CCOCCOCCOCCOCCC(=O)NCCn3nc4c(c3C#N)-c3cnc(N)c(c3)N3CCC[C@@H]3c3cc(F)ccc3C(=O)N(C3CC3)C4)C(=O)C2)c(OC(C)C)c1. The predicted octanol–water partition coefficient (Wildman–Crippen LogP) is 9.18. The van der Waals surface area contributed by atoms with Crippen LogP contribution in [0.4, 0.5) is 20.7 Å². The standard InChI is InChI=1S/C67H75Cl2FN12O10/c1-42(2)92-58-37-50(87-3)17-19-52(58)65-75-62(43-6-10-46(68)11-7-43)63(44-8-12-47(69)13-9-44)82(65)67(86)78-25-24-77(60(84)41-78)26-28-89-30-32-91-34-33-90-31-29-88-27-20-59(83)73-21-23-81-57(38-71)61-45-35-56(64(72)74-39-45)79-22-4-5-55(79)53-36-48(70)14-18-51(53)66(85)80(49-15-16-49)40-54(61)76-81/h6-14,17-19,35-37,39,42,49,55,62-63H,4-5,15-16,20-34,40-41H2,1-3H3,(H2,72,74)(H,73,83)/t55-,62+,63-/m1/s1. The maximum atomic E-state index is 15.1. The molecule has 0 unspecified atom stereocenters. The van der Waals surface area contributed by atoms with Crippen LogP contribution in [-0.2, 0) is 41.6 Å². The smallest absolute Gasteiger partial charge is 0.326 e. The molecule has 484 valence electrons. The normalized spacial score (nSPS) is 18.0. The van der Waals surface area contributed by atoms with Crippen LogP contribution in [0.3, 0.4) is 0 Å². The molecule has 1 saturated carbocycles. The lowest BCUT2D eigenvalue weighted by Gasteiger charge is -2.38. The number of nitrogens with zero attached hydrogens (tertiary/aromatic N) is 10. The van der Waals surface area contributed by atoms with E-state index in [1.54, 1.807) is 80.1 Å². The third-order valence-electron chi connectivity index (χ3n) is 16.9. The number of nitrogens with one attached hydrogen (secondary N) is 1. The number of hydrogen-bond donors (Lipinski definition) is 2. The van der Waals surface area contributed by atoms with E-state index in [0.29, 0.717) is 126 Å². The summed E-state index contributed by atoms with van der Waals surface area (Å²) >= 11 is 12.7. The minimum absolute atomic E-state index is 0.0282. The number of amides is 5. The molecule has 2 bridgehead atoms. The van der Waals surface area contributed by atoms with E-state index in [1.165, 1.54) is 12.1 Å². The van der Waals surface area contributed by atoms with Gasteiger partial charge in [-0.1, -0.05) is 47.5 Å². The maximum absolute atomic E-state index is 15.1.